The van der Waals surface area contributed by atoms with Gasteiger partial charge in [-0.2, -0.15) is 0 Å². The highest BCUT2D eigenvalue weighted by atomic mass is 79.9. The molecule has 0 N–H and O–H groups in total. The number of Topliss-reactive ketones (excluding diaryl/α,β-unsaturated/α-hetero) is 1. The number of rotatable bonds is 2. The summed E-state index contributed by atoms with van der Waals surface area (Å²) < 4.78 is 0. The predicted molar refractivity (Wildman–Crippen MR) is 68.4 cm³/mol. The first kappa shape index (κ1) is 11.8. The number of carbonyl (C=O) groups is 1. The van der Waals surface area contributed by atoms with Crippen molar-refractivity contribution >= 4 is 21.7 Å². The fourth-order valence-electron chi connectivity index (χ4n) is 2.03. The van der Waals surface area contributed by atoms with Crippen LogP contribution in [-0.2, 0) is 11.3 Å². The Labute approximate surface area is 105 Å². The van der Waals surface area contributed by atoms with E-state index in [0.717, 1.165) is 25.9 Å². The van der Waals surface area contributed by atoms with Crippen molar-refractivity contribution < 1.29 is 4.79 Å². The lowest BCUT2D eigenvalue weighted by Crippen LogP contribution is -2.30. The van der Waals surface area contributed by atoms with Crippen molar-refractivity contribution in [1.82, 2.24) is 4.90 Å². The number of carbonyl (C=O) groups excluding carboxylic acids is 1. The van der Waals surface area contributed by atoms with Gasteiger partial charge in [0.1, 0.15) is 5.78 Å². The highest BCUT2D eigenvalue weighted by molar-refractivity contribution is 9.09. The topological polar surface area (TPSA) is 20.3 Å². The normalized spacial score (nSPS) is 23.1. The van der Waals surface area contributed by atoms with Crippen LogP contribution < -0.4 is 0 Å². The van der Waals surface area contributed by atoms with Crippen molar-refractivity contribution in [3.8, 4) is 0 Å². The summed E-state index contributed by atoms with van der Waals surface area (Å²) in [5, 5.41) is 0. The van der Waals surface area contributed by atoms with Crippen molar-refractivity contribution in [1.29, 1.82) is 0 Å². The number of benzene rings is 1. The molecular formula is C13H16BrNO. The quantitative estimate of drug-likeness (QED) is 0.614. The van der Waals surface area contributed by atoms with E-state index in [1.807, 2.05) is 6.07 Å². The fourth-order valence-corrected chi connectivity index (χ4v) is 2.75. The SMILES string of the molecule is O=C1CCCN(Cc2ccccc2)C(Br)C1. The molecular weight excluding hydrogens is 266 g/mol. The Morgan fingerprint density at radius 3 is 2.81 bits per heavy atom. The van der Waals surface area contributed by atoms with Gasteiger partial charge in [-0.15, -0.1) is 0 Å². The van der Waals surface area contributed by atoms with Gasteiger partial charge in [-0.05, 0) is 12.0 Å². The largest absolute Gasteiger partial charge is 0.300 e. The average molecular weight is 282 g/mol. The van der Waals surface area contributed by atoms with Gasteiger partial charge in [-0.1, -0.05) is 46.3 Å². The van der Waals surface area contributed by atoms with E-state index in [4.69, 9.17) is 0 Å². The van der Waals surface area contributed by atoms with Crippen LogP contribution in [0.1, 0.15) is 24.8 Å². The zero-order valence-corrected chi connectivity index (χ0v) is 10.8. The molecule has 1 aromatic rings. The standard InChI is InChI=1S/C13H16BrNO/c14-13-9-12(16)7-4-8-15(13)10-11-5-2-1-3-6-11/h1-3,5-6,13H,4,7-10H2. The summed E-state index contributed by atoms with van der Waals surface area (Å²) in [4.78, 5) is 14.0. The molecule has 0 amide bonds. The van der Waals surface area contributed by atoms with Crippen LogP contribution >= 0.6 is 15.9 Å². The van der Waals surface area contributed by atoms with Gasteiger partial charge >= 0.3 is 0 Å². The van der Waals surface area contributed by atoms with Crippen LogP contribution in [0.4, 0.5) is 0 Å². The van der Waals surface area contributed by atoms with Crippen LogP contribution in [-0.4, -0.2) is 22.2 Å². The van der Waals surface area contributed by atoms with Gasteiger partial charge in [0.05, 0.1) is 4.95 Å². The Bertz CT molecular complexity index is 352. The molecule has 3 heteroatoms. The number of hydrogen-bond acceptors (Lipinski definition) is 2. The van der Waals surface area contributed by atoms with Gasteiger partial charge in [-0.25, -0.2) is 0 Å². The van der Waals surface area contributed by atoms with Crippen LogP contribution in [0.5, 0.6) is 0 Å². The van der Waals surface area contributed by atoms with E-state index in [2.05, 4.69) is 45.1 Å². The van der Waals surface area contributed by atoms with E-state index in [0.29, 0.717) is 12.2 Å². The molecule has 2 rings (SSSR count). The first-order valence-electron chi connectivity index (χ1n) is 5.69. The third-order valence-electron chi connectivity index (χ3n) is 2.92. The minimum atomic E-state index is 0.197. The first-order chi connectivity index (χ1) is 7.75. The molecule has 0 spiro atoms. The molecule has 1 heterocycles. The molecule has 1 fully saturated rings. The summed E-state index contributed by atoms with van der Waals surface area (Å²) in [5.74, 6) is 0.373. The first-order valence-corrected chi connectivity index (χ1v) is 6.61. The Morgan fingerprint density at radius 2 is 2.06 bits per heavy atom. The van der Waals surface area contributed by atoms with Crippen LogP contribution in [0.3, 0.4) is 0 Å². The Hall–Kier alpha value is -0.670. The Kier molecular flexibility index (Phi) is 4.13. The lowest BCUT2D eigenvalue weighted by molar-refractivity contribution is -0.118. The van der Waals surface area contributed by atoms with Crippen LogP contribution in [0, 0.1) is 0 Å². The smallest absolute Gasteiger partial charge is 0.135 e. The summed E-state index contributed by atoms with van der Waals surface area (Å²) in [6.45, 7) is 1.92. The van der Waals surface area contributed by atoms with Crippen molar-refractivity contribution in [2.75, 3.05) is 6.54 Å². The maximum Gasteiger partial charge on any atom is 0.135 e. The van der Waals surface area contributed by atoms with Crippen molar-refractivity contribution in [2.24, 2.45) is 0 Å². The van der Waals surface area contributed by atoms with Crippen LogP contribution in [0.15, 0.2) is 30.3 Å². The summed E-state index contributed by atoms with van der Waals surface area (Å²) in [6.07, 6.45) is 2.34. The average Bonchev–Trinajstić information content (AvgIpc) is 2.43. The van der Waals surface area contributed by atoms with E-state index in [1.165, 1.54) is 5.56 Å². The van der Waals surface area contributed by atoms with Gasteiger partial charge in [-0.3, -0.25) is 9.69 Å². The molecule has 0 bridgehead atoms. The van der Waals surface area contributed by atoms with E-state index < -0.39 is 0 Å². The minimum Gasteiger partial charge on any atom is -0.300 e. The number of nitrogens with zero attached hydrogens (tertiary/aromatic N) is 1. The molecule has 1 aliphatic rings. The number of halogens is 1. The molecule has 1 saturated heterocycles. The zero-order chi connectivity index (χ0) is 11.4. The second kappa shape index (κ2) is 5.60. The summed E-state index contributed by atoms with van der Waals surface area (Å²) in [5.41, 5.74) is 1.31. The Morgan fingerprint density at radius 1 is 1.31 bits per heavy atom. The maximum absolute atomic E-state index is 11.4. The predicted octanol–water partition coefficient (Wildman–Crippen LogP) is 2.96. The monoisotopic (exact) mass is 281 g/mol. The Balaban J connectivity index is 2.01. The number of ketones is 1. The fraction of sp³-hybridized carbons (Fsp3) is 0.462. The molecule has 0 aromatic heterocycles. The highest BCUT2D eigenvalue weighted by Gasteiger charge is 2.22. The molecule has 1 aromatic carbocycles. The molecule has 1 unspecified atom stereocenters. The lowest BCUT2D eigenvalue weighted by Gasteiger charge is -2.24. The van der Waals surface area contributed by atoms with E-state index in [9.17, 15) is 4.79 Å². The number of alkyl halides is 1. The van der Waals surface area contributed by atoms with Crippen LogP contribution in [0.2, 0.25) is 0 Å². The third-order valence-corrected chi connectivity index (χ3v) is 3.82. The minimum absolute atomic E-state index is 0.197. The molecule has 86 valence electrons. The molecule has 2 nitrogen and oxygen atoms in total. The molecule has 0 radical (unpaired) electrons. The van der Waals surface area contributed by atoms with Gasteiger partial charge in [0, 0.05) is 25.9 Å². The van der Waals surface area contributed by atoms with Crippen LogP contribution in [0.25, 0.3) is 0 Å². The van der Waals surface area contributed by atoms with Gasteiger partial charge in [0.2, 0.25) is 0 Å². The van der Waals surface area contributed by atoms with Gasteiger partial charge in [0.15, 0.2) is 0 Å². The second-order valence-electron chi connectivity index (χ2n) is 4.24. The summed E-state index contributed by atoms with van der Waals surface area (Å²) >= 11 is 3.61. The highest BCUT2D eigenvalue weighted by Crippen LogP contribution is 2.21. The number of likely N-dealkylation sites (tertiary alicyclic amines) is 1. The maximum atomic E-state index is 11.4. The molecule has 1 atom stereocenters. The van der Waals surface area contributed by atoms with Crippen molar-refractivity contribution in [3.63, 3.8) is 0 Å². The van der Waals surface area contributed by atoms with E-state index in [1.54, 1.807) is 0 Å². The van der Waals surface area contributed by atoms with Gasteiger partial charge < -0.3 is 0 Å². The van der Waals surface area contributed by atoms with Crippen molar-refractivity contribution in [3.05, 3.63) is 35.9 Å². The van der Waals surface area contributed by atoms with Crippen molar-refractivity contribution in [2.45, 2.75) is 30.8 Å². The summed E-state index contributed by atoms with van der Waals surface area (Å²) in [6, 6.07) is 10.4. The lowest BCUT2D eigenvalue weighted by atomic mass is 10.2. The summed E-state index contributed by atoms with van der Waals surface area (Å²) in [7, 11) is 0. The molecule has 0 aliphatic carbocycles. The molecule has 16 heavy (non-hydrogen) atoms. The third kappa shape index (κ3) is 3.16. The number of hydrogen-bond donors (Lipinski definition) is 0. The van der Waals surface area contributed by atoms with E-state index in [-0.39, 0.29) is 4.95 Å². The van der Waals surface area contributed by atoms with E-state index >= 15 is 0 Å². The molecule has 0 saturated carbocycles. The zero-order valence-electron chi connectivity index (χ0n) is 9.23. The second-order valence-corrected chi connectivity index (χ2v) is 5.29. The van der Waals surface area contributed by atoms with Gasteiger partial charge in [0.25, 0.3) is 0 Å². The molecule has 1 aliphatic heterocycles.